The minimum absolute atomic E-state index is 0.0130. The molecule has 0 saturated carbocycles. The first kappa shape index (κ1) is 15.1. The molecule has 1 N–H and O–H groups in total. The number of aliphatic carboxylic acids is 1. The monoisotopic (exact) mass is 285 g/mol. The largest absolute Gasteiger partial charge is 0.544 e. The molecule has 0 aliphatic rings. The molecule has 0 amide bonds. The number of nitrogens with one attached hydrogen (secondary N) is 1. The molecule has 4 heteroatoms. The Morgan fingerprint density at radius 3 is 2.10 bits per heavy atom. The first-order valence-corrected chi connectivity index (χ1v) is 6.87. The van der Waals surface area contributed by atoms with E-state index in [1.165, 1.54) is 0 Å². The maximum Gasteiger partial charge on any atom is 0.118 e. The lowest BCUT2D eigenvalue weighted by Gasteiger charge is -2.20. The van der Waals surface area contributed by atoms with Gasteiger partial charge in [0.25, 0.3) is 0 Å². The van der Waals surface area contributed by atoms with E-state index in [4.69, 9.17) is 4.74 Å². The van der Waals surface area contributed by atoms with E-state index in [0.717, 1.165) is 21.8 Å². The van der Waals surface area contributed by atoms with Crippen molar-refractivity contribution in [3.05, 3.63) is 65.7 Å². The van der Waals surface area contributed by atoms with E-state index in [1.807, 2.05) is 54.6 Å². The predicted molar refractivity (Wildman–Crippen MR) is 77.7 cm³/mol. The van der Waals surface area contributed by atoms with Gasteiger partial charge in [0.2, 0.25) is 0 Å². The molecule has 0 bridgehead atoms. The molecular formula is C17H19NO3. The third-order valence-electron chi connectivity index (χ3n) is 3.30. The molecule has 21 heavy (non-hydrogen) atoms. The number of ether oxygens (including phenoxy) is 1. The van der Waals surface area contributed by atoms with Gasteiger partial charge in [-0.3, -0.25) is 0 Å². The fourth-order valence-corrected chi connectivity index (χ4v) is 2.31. The maximum absolute atomic E-state index is 10.9. The smallest absolute Gasteiger partial charge is 0.118 e. The van der Waals surface area contributed by atoms with Crippen molar-refractivity contribution in [2.45, 2.75) is 13.1 Å². The van der Waals surface area contributed by atoms with Crippen LogP contribution in [0, 0.1) is 0 Å². The number of carboxylic acid groups (broad SMARTS) is 1. The van der Waals surface area contributed by atoms with Crippen LogP contribution in [0.15, 0.2) is 54.6 Å². The van der Waals surface area contributed by atoms with E-state index in [9.17, 15) is 9.90 Å². The number of benzene rings is 2. The summed E-state index contributed by atoms with van der Waals surface area (Å²) < 4.78 is 5.12. The Kier molecular flexibility index (Phi) is 5.35. The Balaban J connectivity index is 2.06. The molecule has 0 saturated heterocycles. The highest BCUT2D eigenvalue weighted by Gasteiger charge is 2.11. The lowest BCUT2D eigenvalue weighted by atomic mass is 10.1. The van der Waals surface area contributed by atoms with E-state index >= 15 is 0 Å². The first-order valence-electron chi connectivity index (χ1n) is 6.87. The SMILES string of the molecule is COc1ccc(C[NH+](CC(=O)[O-])Cc2ccccc2)cc1. The molecule has 0 aromatic heterocycles. The quantitative estimate of drug-likeness (QED) is 0.781. The Morgan fingerprint density at radius 2 is 1.57 bits per heavy atom. The second-order valence-corrected chi connectivity index (χ2v) is 4.99. The van der Waals surface area contributed by atoms with Gasteiger partial charge in [-0.25, -0.2) is 0 Å². The van der Waals surface area contributed by atoms with Gasteiger partial charge in [-0.2, -0.15) is 0 Å². The number of hydrogen-bond acceptors (Lipinski definition) is 3. The van der Waals surface area contributed by atoms with Crippen molar-refractivity contribution in [1.29, 1.82) is 0 Å². The third kappa shape index (κ3) is 4.93. The zero-order valence-corrected chi connectivity index (χ0v) is 12.0. The Bertz CT molecular complexity index is 566. The van der Waals surface area contributed by atoms with Crippen LogP contribution in [0.25, 0.3) is 0 Å². The van der Waals surface area contributed by atoms with Crippen molar-refractivity contribution in [1.82, 2.24) is 0 Å². The van der Waals surface area contributed by atoms with Crippen molar-refractivity contribution in [3.8, 4) is 5.75 Å². The Hall–Kier alpha value is -2.33. The average Bonchev–Trinajstić information content (AvgIpc) is 2.48. The Morgan fingerprint density at radius 1 is 1.00 bits per heavy atom. The van der Waals surface area contributed by atoms with Crippen LogP contribution in [-0.4, -0.2) is 19.6 Å². The fraction of sp³-hybridized carbons (Fsp3) is 0.235. The summed E-state index contributed by atoms with van der Waals surface area (Å²) in [6.07, 6.45) is 0. The first-order chi connectivity index (χ1) is 10.2. The number of carbonyl (C=O) groups excluding carboxylic acids is 1. The summed E-state index contributed by atoms with van der Waals surface area (Å²) in [5.74, 6) is -0.238. The third-order valence-corrected chi connectivity index (χ3v) is 3.30. The Labute approximate surface area is 124 Å². The number of hydrogen-bond donors (Lipinski definition) is 1. The van der Waals surface area contributed by atoms with E-state index in [0.29, 0.717) is 13.1 Å². The normalized spacial score (nSPS) is 11.9. The van der Waals surface area contributed by atoms with Crippen LogP contribution in [-0.2, 0) is 17.9 Å². The molecular weight excluding hydrogens is 266 g/mol. The van der Waals surface area contributed by atoms with Gasteiger partial charge in [-0.15, -0.1) is 0 Å². The lowest BCUT2D eigenvalue weighted by molar-refractivity contribution is -0.922. The number of carboxylic acids is 1. The minimum Gasteiger partial charge on any atom is -0.544 e. The number of rotatable bonds is 7. The molecule has 2 rings (SSSR count). The second kappa shape index (κ2) is 7.45. The maximum atomic E-state index is 10.9. The summed E-state index contributed by atoms with van der Waals surface area (Å²) in [5.41, 5.74) is 2.19. The van der Waals surface area contributed by atoms with E-state index in [2.05, 4.69) is 0 Å². The highest BCUT2D eigenvalue weighted by Crippen LogP contribution is 2.10. The van der Waals surface area contributed by atoms with Crippen LogP contribution in [0.3, 0.4) is 0 Å². The van der Waals surface area contributed by atoms with Crippen molar-refractivity contribution in [3.63, 3.8) is 0 Å². The highest BCUT2D eigenvalue weighted by molar-refractivity contribution is 5.65. The minimum atomic E-state index is -1.03. The second-order valence-electron chi connectivity index (χ2n) is 4.99. The summed E-state index contributed by atoms with van der Waals surface area (Å²) in [5, 5.41) is 10.9. The standard InChI is InChI=1S/C17H19NO3/c1-21-16-9-7-15(8-10-16)12-18(13-17(19)20)11-14-5-3-2-4-6-14/h2-10H,11-13H2,1H3,(H,19,20). The van der Waals surface area contributed by atoms with Crippen LogP contribution in [0.5, 0.6) is 5.75 Å². The molecule has 0 heterocycles. The van der Waals surface area contributed by atoms with Gasteiger partial charge in [0, 0.05) is 11.1 Å². The predicted octanol–water partition coefficient (Wildman–Crippen LogP) is 0.0302. The number of quaternary nitrogens is 1. The molecule has 2 aromatic carbocycles. The fourth-order valence-electron chi connectivity index (χ4n) is 2.31. The molecule has 1 unspecified atom stereocenters. The summed E-state index contributed by atoms with van der Waals surface area (Å²) in [6.45, 7) is 1.27. The van der Waals surface area contributed by atoms with E-state index in [-0.39, 0.29) is 6.54 Å². The molecule has 1 atom stereocenters. The van der Waals surface area contributed by atoms with Crippen molar-refractivity contribution < 1.29 is 19.5 Å². The van der Waals surface area contributed by atoms with Crippen LogP contribution in [0.4, 0.5) is 0 Å². The molecule has 0 aliphatic carbocycles. The highest BCUT2D eigenvalue weighted by atomic mass is 16.5. The average molecular weight is 285 g/mol. The van der Waals surface area contributed by atoms with Gasteiger partial charge in [0.15, 0.2) is 0 Å². The molecule has 0 spiro atoms. The van der Waals surface area contributed by atoms with Crippen LogP contribution < -0.4 is 14.7 Å². The summed E-state index contributed by atoms with van der Waals surface area (Å²) in [4.78, 5) is 11.9. The lowest BCUT2D eigenvalue weighted by Crippen LogP contribution is -3.10. The molecule has 0 fully saturated rings. The van der Waals surface area contributed by atoms with E-state index in [1.54, 1.807) is 7.11 Å². The van der Waals surface area contributed by atoms with Crippen LogP contribution >= 0.6 is 0 Å². The van der Waals surface area contributed by atoms with Gasteiger partial charge in [-0.05, 0) is 24.3 Å². The zero-order chi connectivity index (χ0) is 15.1. The number of methoxy groups -OCH3 is 1. The summed E-state index contributed by atoms with van der Waals surface area (Å²) in [7, 11) is 1.62. The van der Waals surface area contributed by atoms with Crippen molar-refractivity contribution >= 4 is 5.97 Å². The zero-order valence-electron chi connectivity index (χ0n) is 12.0. The molecule has 0 radical (unpaired) electrons. The van der Waals surface area contributed by atoms with Crippen molar-refractivity contribution in [2.24, 2.45) is 0 Å². The van der Waals surface area contributed by atoms with Gasteiger partial charge >= 0.3 is 0 Å². The van der Waals surface area contributed by atoms with Gasteiger partial charge in [0.05, 0.1) is 13.1 Å². The molecule has 0 aliphatic heterocycles. The molecule has 4 nitrogen and oxygen atoms in total. The van der Waals surface area contributed by atoms with Gasteiger partial charge < -0.3 is 19.5 Å². The summed E-state index contributed by atoms with van der Waals surface area (Å²) >= 11 is 0. The topological polar surface area (TPSA) is 53.8 Å². The van der Waals surface area contributed by atoms with Crippen LogP contribution in [0.1, 0.15) is 11.1 Å². The van der Waals surface area contributed by atoms with Gasteiger partial charge in [-0.1, -0.05) is 30.3 Å². The number of carbonyl (C=O) groups is 1. The molecule has 110 valence electrons. The van der Waals surface area contributed by atoms with Crippen molar-refractivity contribution in [2.75, 3.05) is 13.7 Å². The van der Waals surface area contributed by atoms with Gasteiger partial charge in [0.1, 0.15) is 25.4 Å². The summed E-state index contributed by atoms with van der Waals surface area (Å²) in [6, 6.07) is 17.6. The van der Waals surface area contributed by atoms with Crippen LogP contribution in [0.2, 0.25) is 0 Å². The van der Waals surface area contributed by atoms with E-state index < -0.39 is 5.97 Å². The molecule has 2 aromatic rings.